The van der Waals surface area contributed by atoms with Crippen LogP contribution < -0.4 is 0 Å². The van der Waals surface area contributed by atoms with Crippen molar-refractivity contribution in [1.29, 1.82) is 0 Å². The SMILES string of the molecule is C=C/C(C)=C(\C)c1cc(C2=C/C=C(\C)Cc3ccccc3\C(C)=C\2)ccc1C. The van der Waals surface area contributed by atoms with Crippen LogP contribution >= 0.6 is 0 Å². The fourth-order valence-corrected chi connectivity index (χ4v) is 3.76. The molecule has 0 heteroatoms. The Hall–Kier alpha value is -2.86. The maximum Gasteiger partial charge on any atom is -0.00607 e. The number of rotatable bonds is 3. The molecule has 0 saturated heterocycles. The van der Waals surface area contributed by atoms with Crippen LogP contribution in [0.5, 0.6) is 0 Å². The van der Waals surface area contributed by atoms with Crippen LogP contribution in [0.4, 0.5) is 0 Å². The Morgan fingerprint density at radius 1 is 0.964 bits per heavy atom. The Labute approximate surface area is 170 Å². The molecule has 2 aromatic rings. The lowest BCUT2D eigenvalue weighted by atomic mass is 9.92. The van der Waals surface area contributed by atoms with Crippen LogP contribution in [0.1, 0.15) is 55.5 Å². The molecule has 1 aliphatic carbocycles. The van der Waals surface area contributed by atoms with Crippen molar-refractivity contribution in [2.75, 3.05) is 0 Å². The highest BCUT2D eigenvalue weighted by molar-refractivity contribution is 5.86. The van der Waals surface area contributed by atoms with E-state index in [0.29, 0.717) is 0 Å². The largest absolute Gasteiger partial charge is 0.0988 e. The summed E-state index contributed by atoms with van der Waals surface area (Å²) >= 11 is 0. The maximum absolute atomic E-state index is 3.94. The monoisotopic (exact) mass is 366 g/mol. The van der Waals surface area contributed by atoms with Gasteiger partial charge in [0.2, 0.25) is 0 Å². The van der Waals surface area contributed by atoms with E-state index < -0.39 is 0 Å². The van der Waals surface area contributed by atoms with Gasteiger partial charge in [0.25, 0.3) is 0 Å². The number of benzene rings is 2. The zero-order chi connectivity index (χ0) is 20.3. The second kappa shape index (κ2) is 8.44. The topological polar surface area (TPSA) is 0 Å². The van der Waals surface area contributed by atoms with E-state index in [0.717, 1.165) is 6.42 Å². The van der Waals surface area contributed by atoms with Gasteiger partial charge in [0.05, 0.1) is 0 Å². The molecule has 28 heavy (non-hydrogen) atoms. The van der Waals surface area contributed by atoms with Gasteiger partial charge in [-0.3, -0.25) is 0 Å². The number of hydrogen-bond acceptors (Lipinski definition) is 0. The van der Waals surface area contributed by atoms with Crippen LogP contribution in [0.15, 0.2) is 84.5 Å². The Bertz CT molecular complexity index is 1040. The van der Waals surface area contributed by atoms with Gasteiger partial charge in [0, 0.05) is 0 Å². The lowest BCUT2D eigenvalue weighted by Gasteiger charge is -2.13. The molecule has 0 aliphatic heterocycles. The van der Waals surface area contributed by atoms with Crippen molar-refractivity contribution in [1.82, 2.24) is 0 Å². The Kier molecular flexibility index (Phi) is 5.99. The van der Waals surface area contributed by atoms with E-state index in [1.54, 1.807) is 0 Å². The fourth-order valence-electron chi connectivity index (χ4n) is 3.76. The Balaban J connectivity index is 2.16. The first-order chi connectivity index (χ1) is 13.4. The molecule has 142 valence electrons. The molecule has 0 fully saturated rings. The quantitative estimate of drug-likeness (QED) is 0.483. The molecule has 0 radical (unpaired) electrons. The zero-order valence-corrected chi connectivity index (χ0v) is 17.8. The average molecular weight is 367 g/mol. The molecule has 0 N–H and O–H groups in total. The number of aryl methyl sites for hydroxylation is 1. The van der Waals surface area contributed by atoms with Crippen LogP contribution in [-0.4, -0.2) is 0 Å². The molecule has 0 aromatic heterocycles. The summed E-state index contributed by atoms with van der Waals surface area (Å²) in [6.45, 7) is 14.9. The second-order valence-corrected chi connectivity index (χ2v) is 7.84. The zero-order valence-electron chi connectivity index (χ0n) is 17.8. The van der Waals surface area contributed by atoms with Crippen LogP contribution in [0, 0.1) is 6.92 Å². The summed E-state index contributed by atoms with van der Waals surface area (Å²) in [5.41, 5.74) is 13.0. The van der Waals surface area contributed by atoms with Gasteiger partial charge in [-0.05, 0) is 97.2 Å². The minimum Gasteiger partial charge on any atom is -0.0988 e. The highest BCUT2D eigenvalue weighted by atomic mass is 14.2. The first-order valence-corrected chi connectivity index (χ1v) is 9.96. The van der Waals surface area contributed by atoms with E-state index in [1.165, 1.54) is 55.7 Å². The average Bonchev–Trinajstić information content (AvgIpc) is 2.76. The predicted molar refractivity (Wildman–Crippen MR) is 125 cm³/mol. The first kappa shape index (κ1) is 19.9. The van der Waals surface area contributed by atoms with Gasteiger partial charge >= 0.3 is 0 Å². The van der Waals surface area contributed by atoms with E-state index in [2.05, 4.69) is 102 Å². The third kappa shape index (κ3) is 4.17. The van der Waals surface area contributed by atoms with Crippen LogP contribution in [0.3, 0.4) is 0 Å². The normalized spacial score (nSPS) is 20.7. The molecule has 0 saturated carbocycles. The maximum atomic E-state index is 3.94. The number of fused-ring (bicyclic) bond motifs is 1. The summed E-state index contributed by atoms with van der Waals surface area (Å²) < 4.78 is 0. The van der Waals surface area contributed by atoms with Crippen LogP contribution in [0.2, 0.25) is 0 Å². The molecule has 3 rings (SSSR count). The molecule has 1 aliphatic rings. The standard InChI is InChI=1S/C28H30/c1-7-20(3)23(6)28-18-25(15-13-21(28)4)24-14-12-19(2)16-26-10-8-9-11-27(26)22(5)17-24/h7-15,17-18H,1,16H2,2-6H3/b19-12+,22-17+,23-20+,24-14+. The van der Waals surface area contributed by atoms with Gasteiger partial charge < -0.3 is 0 Å². The number of hydrogen-bond donors (Lipinski definition) is 0. The van der Waals surface area contributed by atoms with Crippen molar-refractivity contribution in [2.45, 2.75) is 41.0 Å². The highest BCUT2D eigenvalue weighted by Gasteiger charge is 2.10. The predicted octanol–water partition coefficient (Wildman–Crippen LogP) is 7.96. The molecule has 0 amide bonds. The molecule has 0 bridgehead atoms. The van der Waals surface area contributed by atoms with E-state index in [1.807, 2.05) is 6.08 Å². The smallest absolute Gasteiger partial charge is 0.00607 e. The highest BCUT2D eigenvalue weighted by Crippen LogP contribution is 2.31. The molecule has 0 nitrogen and oxygen atoms in total. The van der Waals surface area contributed by atoms with E-state index >= 15 is 0 Å². The van der Waals surface area contributed by atoms with Gasteiger partial charge in [0.1, 0.15) is 0 Å². The summed E-state index contributed by atoms with van der Waals surface area (Å²) in [5, 5.41) is 0. The van der Waals surface area contributed by atoms with Crippen LogP contribution in [-0.2, 0) is 6.42 Å². The van der Waals surface area contributed by atoms with Crippen molar-refractivity contribution in [3.63, 3.8) is 0 Å². The van der Waals surface area contributed by atoms with Gasteiger partial charge in [0.15, 0.2) is 0 Å². The molecule has 0 spiro atoms. The summed E-state index contributed by atoms with van der Waals surface area (Å²) in [4.78, 5) is 0. The summed E-state index contributed by atoms with van der Waals surface area (Å²) in [7, 11) is 0. The minimum absolute atomic E-state index is 0.991. The van der Waals surface area contributed by atoms with Crippen molar-refractivity contribution < 1.29 is 0 Å². The second-order valence-electron chi connectivity index (χ2n) is 7.84. The fraction of sp³-hybridized carbons (Fsp3) is 0.214. The Morgan fingerprint density at radius 2 is 1.71 bits per heavy atom. The van der Waals surface area contributed by atoms with E-state index in [-0.39, 0.29) is 0 Å². The van der Waals surface area contributed by atoms with Crippen molar-refractivity contribution >= 4 is 16.7 Å². The van der Waals surface area contributed by atoms with Gasteiger partial charge in [-0.15, -0.1) is 0 Å². The third-order valence-corrected chi connectivity index (χ3v) is 5.70. The summed E-state index contributed by atoms with van der Waals surface area (Å²) in [6.07, 6.45) is 9.78. The minimum atomic E-state index is 0.991. The Morgan fingerprint density at radius 3 is 2.46 bits per heavy atom. The van der Waals surface area contributed by atoms with Gasteiger partial charge in [-0.25, -0.2) is 0 Å². The van der Waals surface area contributed by atoms with E-state index in [4.69, 9.17) is 0 Å². The molecule has 0 heterocycles. The van der Waals surface area contributed by atoms with Crippen molar-refractivity contribution in [2.24, 2.45) is 0 Å². The van der Waals surface area contributed by atoms with E-state index in [9.17, 15) is 0 Å². The summed E-state index contributed by atoms with van der Waals surface area (Å²) in [5.74, 6) is 0. The molecule has 0 atom stereocenters. The van der Waals surface area contributed by atoms with Crippen molar-refractivity contribution in [3.05, 3.63) is 112 Å². The lowest BCUT2D eigenvalue weighted by Crippen LogP contribution is -1.93. The summed E-state index contributed by atoms with van der Waals surface area (Å²) in [6, 6.07) is 15.5. The van der Waals surface area contributed by atoms with Crippen LogP contribution in [0.25, 0.3) is 16.7 Å². The van der Waals surface area contributed by atoms with Gasteiger partial charge in [-0.2, -0.15) is 0 Å². The molecule has 2 aromatic carbocycles. The number of allylic oxidation sites excluding steroid dienone is 9. The van der Waals surface area contributed by atoms with Crippen molar-refractivity contribution in [3.8, 4) is 0 Å². The molecular weight excluding hydrogens is 336 g/mol. The molecule has 0 unspecified atom stereocenters. The first-order valence-electron chi connectivity index (χ1n) is 9.96. The molecular formula is C28H30. The lowest BCUT2D eigenvalue weighted by molar-refractivity contribution is 1.13. The third-order valence-electron chi connectivity index (χ3n) is 5.70. The van der Waals surface area contributed by atoms with Gasteiger partial charge in [-0.1, -0.05) is 72.9 Å².